The van der Waals surface area contributed by atoms with E-state index in [-0.39, 0.29) is 0 Å². The van der Waals surface area contributed by atoms with Crippen molar-refractivity contribution in [3.05, 3.63) is 47.1 Å². The molecule has 1 saturated heterocycles. The summed E-state index contributed by atoms with van der Waals surface area (Å²) in [5, 5.41) is 7.58. The summed E-state index contributed by atoms with van der Waals surface area (Å²) < 4.78 is 10.8. The number of nitrogens with one attached hydrogen (secondary N) is 2. The van der Waals surface area contributed by atoms with Crippen molar-refractivity contribution in [1.29, 1.82) is 0 Å². The molecule has 1 aromatic heterocycles. The average molecular weight is 416 g/mol. The Labute approximate surface area is 176 Å². The second-order valence-corrected chi connectivity index (χ2v) is 7.49. The Bertz CT molecular complexity index is 876. The highest BCUT2D eigenvalue weighted by Crippen LogP contribution is 2.32. The van der Waals surface area contributed by atoms with Crippen molar-refractivity contribution in [3.63, 3.8) is 0 Å². The molecular weight excluding hydrogens is 390 g/mol. The van der Waals surface area contributed by atoms with Gasteiger partial charge in [0.1, 0.15) is 5.82 Å². The molecule has 154 valence electrons. The molecule has 0 aliphatic carbocycles. The van der Waals surface area contributed by atoms with Crippen molar-refractivity contribution in [2.24, 2.45) is 4.99 Å². The smallest absolute Gasteiger partial charge is 0.231 e. The summed E-state index contributed by atoms with van der Waals surface area (Å²) in [6, 6.07) is 10.1. The molecule has 0 saturated carbocycles. The van der Waals surface area contributed by atoms with Crippen molar-refractivity contribution >= 4 is 23.4 Å². The number of benzene rings is 1. The number of hydrogen-bond acceptors (Lipinski definition) is 5. The van der Waals surface area contributed by atoms with Crippen LogP contribution < -0.4 is 25.0 Å². The first-order valence-corrected chi connectivity index (χ1v) is 10.4. The monoisotopic (exact) mass is 415 g/mol. The zero-order chi connectivity index (χ0) is 20.1. The van der Waals surface area contributed by atoms with Gasteiger partial charge in [-0.3, -0.25) is 4.99 Å². The standard InChI is InChI=1S/C21H26ClN5O2/c1-2-23-21(25-10-7-15-5-6-18-19(12-15)29-14-28-18)26-16-8-11-27(13-16)20-17(22)4-3-9-24-20/h3-6,9,12,16H,2,7-8,10-11,13-14H2,1H3,(H2,23,25,26). The van der Waals surface area contributed by atoms with Gasteiger partial charge >= 0.3 is 0 Å². The van der Waals surface area contributed by atoms with Gasteiger partial charge in [-0.05, 0) is 49.6 Å². The number of fused-ring (bicyclic) bond motifs is 1. The Morgan fingerprint density at radius 2 is 2.21 bits per heavy atom. The van der Waals surface area contributed by atoms with E-state index in [1.165, 1.54) is 5.56 Å². The molecule has 4 rings (SSSR count). The highest BCUT2D eigenvalue weighted by atomic mass is 35.5. The molecule has 2 aliphatic rings. The molecule has 3 heterocycles. The Morgan fingerprint density at radius 1 is 1.31 bits per heavy atom. The van der Waals surface area contributed by atoms with Crippen LogP contribution in [-0.2, 0) is 6.42 Å². The van der Waals surface area contributed by atoms with Crippen LogP contribution in [0.4, 0.5) is 5.82 Å². The number of anilines is 1. The lowest BCUT2D eigenvalue weighted by atomic mass is 10.1. The molecule has 1 aromatic carbocycles. The van der Waals surface area contributed by atoms with Gasteiger partial charge in [0, 0.05) is 38.4 Å². The number of aliphatic imine (C=N–C) groups is 1. The molecule has 7 nitrogen and oxygen atoms in total. The molecule has 0 amide bonds. The van der Waals surface area contributed by atoms with E-state index in [1.54, 1.807) is 6.20 Å². The predicted molar refractivity (Wildman–Crippen MR) is 115 cm³/mol. The van der Waals surface area contributed by atoms with Gasteiger partial charge in [-0.2, -0.15) is 0 Å². The Balaban J connectivity index is 1.32. The lowest BCUT2D eigenvalue weighted by molar-refractivity contribution is 0.174. The lowest BCUT2D eigenvalue weighted by Crippen LogP contribution is -2.44. The molecule has 1 fully saturated rings. The van der Waals surface area contributed by atoms with E-state index < -0.39 is 0 Å². The molecule has 1 atom stereocenters. The van der Waals surface area contributed by atoms with Crippen molar-refractivity contribution in [2.75, 3.05) is 37.9 Å². The van der Waals surface area contributed by atoms with Crippen LogP contribution in [0.3, 0.4) is 0 Å². The maximum atomic E-state index is 6.29. The van der Waals surface area contributed by atoms with Gasteiger partial charge in [0.05, 0.1) is 5.02 Å². The number of guanidine groups is 1. The fourth-order valence-electron chi connectivity index (χ4n) is 3.59. The van der Waals surface area contributed by atoms with E-state index in [4.69, 9.17) is 26.1 Å². The highest BCUT2D eigenvalue weighted by molar-refractivity contribution is 6.32. The van der Waals surface area contributed by atoms with Crippen LogP contribution in [0.1, 0.15) is 18.9 Å². The van der Waals surface area contributed by atoms with Crippen LogP contribution >= 0.6 is 11.6 Å². The first kappa shape index (κ1) is 19.6. The second-order valence-electron chi connectivity index (χ2n) is 7.08. The number of pyridine rings is 1. The van der Waals surface area contributed by atoms with E-state index >= 15 is 0 Å². The molecule has 0 bridgehead atoms. The number of halogens is 1. The second kappa shape index (κ2) is 9.22. The number of aromatic nitrogens is 1. The summed E-state index contributed by atoms with van der Waals surface area (Å²) in [4.78, 5) is 11.4. The van der Waals surface area contributed by atoms with Gasteiger partial charge in [0.2, 0.25) is 6.79 Å². The zero-order valence-electron chi connectivity index (χ0n) is 16.5. The molecular formula is C21H26ClN5O2. The summed E-state index contributed by atoms with van der Waals surface area (Å²) in [6.07, 6.45) is 3.64. The third-order valence-electron chi connectivity index (χ3n) is 5.02. The predicted octanol–water partition coefficient (Wildman–Crippen LogP) is 2.84. The maximum absolute atomic E-state index is 6.29. The van der Waals surface area contributed by atoms with Crippen molar-refractivity contribution in [1.82, 2.24) is 15.6 Å². The fourth-order valence-corrected chi connectivity index (χ4v) is 3.83. The van der Waals surface area contributed by atoms with E-state index in [2.05, 4.69) is 33.5 Å². The van der Waals surface area contributed by atoms with E-state index in [0.29, 0.717) is 24.4 Å². The van der Waals surface area contributed by atoms with Crippen LogP contribution in [0.5, 0.6) is 11.5 Å². The summed E-state index contributed by atoms with van der Waals surface area (Å²) in [5.74, 6) is 3.32. The van der Waals surface area contributed by atoms with E-state index in [0.717, 1.165) is 55.8 Å². The third-order valence-corrected chi connectivity index (χ3v) is 5.31. The Kier molecular flexibility index (Phi) is 6.24. The van der Waals surface area contributed by atoms with Crippen LogP contribution in [0, 0.1) is 0 Å². The topological polar surface area (TPSA) is 71.0 Å². The van der Waals surface area contributed by atoms with Crippen LogP contribution in [0.25, 0.3) is 0 Å². The number of hydrogen-bond donors (Lipinski definition) is 2. The van der Waals surface area contributed by atoms with Crippen LogP contribution in [0.2, 0.25) is 5.02 Å². The van der Waals surface area contributed by atoms with Gasteiger partial charge in [-0.25, -0.2) is 4.98 Å². The molecule has 2 aromatic rings. The fraction of sp³-hybridized carbons (Fsp3) is 0.429. The first-order chi connectivity index (χ1) is 14.2. The van der Waals surface area contributed by atoms with Crippen molar-refractivity contribution in [2.45, 2.75) is 25.8 Å². The van der Waals surface area contributed by atoms with Gasteiger partial charge in [-0.15, -0.1) is 0 Å². The molecule has 0 radical (unpaired) electrons. The van der Waals surface area contributed by atoms with Crippen LogP contribution in [0.15, 0.2) is 41.5 Å². The maximum Gasteiger partial charge on any atom is 0.231 e. The molecule has 0 spiro atoms. The summed E-state index contributed by atoms with van der Waals surface area (Å²) in [6.45, 7) is 5.65. The summed E-state index contributed by atoms with van der Waals surface area (Å²) >= 11 is 6.29. The minimum absolute atomic E-state index is 0.299. The highest BCUT2D eigenvalue weighted by Gasteiger charge is 2.25. The largest absolute Gasteiger partial charge is 0.454 e. The molecule has 1 unspecified atom stereocenters. The minimum atomic E-state index is 0.299. The minimum Gasteiger partial charge on any atom is -0.454 e. The Morgan fingerprint density at radius 3 is 3.07 bits per heavy atom. The summed E-state index contributed by atoms with van der Waals surface area (Å²) in [5.41, 5.74) is 1.19. The molecule has 2 N–H and O–H groups in total. The third kappa shape index (κ3) is 4.85. The molecule has 29 heavy (non-hydrogen) atoms. The number of nitrogens with zero attached hydrogens (tertiary/aromatic N) is 3. The van der Waals surface area contributed by atoms with Crippen LogP contribution in [-0.4, -0.2) is 50.0 Å². The van der Waals surface area contributed by atoms with Crippen molar-refractivity contribution in [3.8, 4) is 11.5 Å². The van der Waals surface area contributed by atoms with E-state index in [1.807, 2.05) is 24.3 Å². The number of rotatable bonds is 6. The quantitative estimate of drug-likeness (QED) is 0.558. The van der Waals surface area contributed by atoms with Gasteiger partial charge in [0.15, 0.2) is 17.5 Å². The number of ether oxygens (including phenoxy) is 2. The Hall–Kier alpha value is -2.67. The molecule has 2 aliphatic heterocycles. The van der Waals surface area contributed by atoms with Crippen molar-refractivity contribution < 1.29 is 9.47 Å². The zero-order valence-corrected chi connectivity index (χ0v) is 17.3. The normalized spacial score (nSPS) is 18.2. The summed E-state index contributed by atoms with van der Waals surface area (Å²) in [7, 11) is 0. The lowest BCUT2D eigenvalue weighted by Gasteiger charge is -2.20. The van der Waals surface area contributed by atoms with E-state index in [9.17, 15) is 0 Å². The van der Waals surface area contributed by atoms with Gasteiger partial charge in [0.25, 0.3) is 0 Å². The first-order valence-electron chi connectivity index (χ1n) is 10.0. The average Bonchev–Trinajstić information content (AvgIpc) is 3.37. The SMILES string of the molecule is CCNC(=NCCc1ccc2c(c1)OCO2)NC1CCN(c2ncccc2Cl)C1. The van der Waals surface area contributed by atoms with Gasteiger partial charge < -0.3 is 25.0 Å². The molecule has 8 heteroatoms. The van der Waals surface area contributed by atoms with Gasteiger partial charge in [-0.1, -0.05) is 17.7 Å².